The molecule has 1 saturated heterocycles. The molecule has 5 heteroatoms. The average Bonchev–Trinajstić information content (AvgIpc) is 2.81. The van der Waals surface area contributed by atoms with Gasteiger partial charge in [0.05, 0.1) is 12.1 Å². The van der Waals surface area contributed by atoms with Gasteiger partial charge in [0.15, 0.2) is 0 Å². The summed E-state index contributed by atoms with van der Waals surface area (Å²) in [6.07, 6.45) is 7.44. The lowest BCUT2D eigenvalue weighted by Gasteiger charge is -2.28. The SMILES string of the molecule is O=C1OC(c2ccc(F)cc2)CCC1CCCc1ccc(COc2cccnc2)cc1. The van der Waals surface area contributed by atoms with E-state index in [4.69, 9.17) is 9.47 Å². The summed E-state index contributed by atoms with van der Waals surface area (Å²) < 4.78 is 24.4. The molecule has 1 fully saturated rings. The number of cyclic esters (lactones) is 1. The number of pyridine rings is 1. The Morgan fingerprint density at radius 2 is 1.77 bits per heavy atom. The van der Waals surface area contributed by atoms with Crippen LogP contribution < -0.4 is 4.74 Å². The first-order chi connectivity index (χ1) is 15.2. The van der Waals surface area contributed by atoms with E-state index >= 15 is 0 Å². The van der Waals surface area contributed by atoms with Crippen molar-refractivity contribution < 1.29 is 18.7 Å². The van der Waals surface area contributed by atoms with Crippen molar-refractivity contribution in [1.29, 1.82) is 0 Å². The predicted octanol–water partition coefficient (Wildman–Crippen LogP) is 5.82. The van der Waals surface area contributed by atoms with E-state index in [0.29, 0.717) is 6.61 Å². The minimum absolute atomic E-state index is 0.0520. The molecule has 160 valence electrons. The molecule has 2 unspecified atom stereocenters. The third-order valence-electron chi connectivity index (χ3n) is 5.69. The van der Waals surface area contributed by atoms with Crippen LogP contribution in [-0.2, 0) is 22.6 Å². The number of aromatic nitrogens is 1. The summed E-state index contributed by atoms with van der Waals surface area (Å²) in [5, 5.41) is 0. The smallest absolute Gasteiger partial charge is 0.309 e. The van der Waals surface area contributed by atoms with E-state index in [2.05, 4.69) is 29.2 Å². The lowest BCUT2D eigenvalue weighted by atomic mass is 9.90. The van der Waals surface area contributed by atoms with Crippen LogP contribution in [0.1, 0.15) is 48.5 Å². The van der Waals surface area contributed by atoms with Crippen molar-refractivity contribution in [2.24, 2.45) is 5.92 Å². The molecule has 0 amide bonds. The highest BCUT2D eigenvalue weighted by Crippen LogP contribution is 2.33. The number of ether oxygens (including phenoxy) is 2. The molecule has 2 aromatic carbocycles. The largest absolute Gasteiger partial charge is 0.487 e. The Morgan fingerprint density at radius 1 is 1.00 bits per heavy atom. The lowest BCUT2D eigenvalue weighted by Crippen LogP contribution is -2.26. The zero-order valence-corrected chi connectivity index (χ0v) is 17.4. The van der Waals surface area contributed by atoms with E-state index < -0.39 is 0 Å². The van der Waals surface area contributed by atoms with Crippen molar-refractivity contribution >= 4 is 5.97 Å². The number of carbonyl (C=O) groups is 1. The zero-order valence-electron chi connectivity index (χ0n) is 17.4. The van der Waals surface area contributed by atoms with E-state index in [1.54, 1.807) is 24.5 Å². The highest BCUT2D eigenvalue weighted by atomic mass is 19.1. The highest BCUT2D eigenvalue weighted by molar-refractivity contribution is 5.73. The Balaban J connectivity index is 1.19. The standard InChI is InChI=1S/C26H26FNO3/c27-23-13-10-21(11-14-23)25-15-12-22(26(29)31-25)4-1-3-19-6-8-20(9-7-19)18-30-24-5-2-16-28-17-24/h2,5-11,13-14,16-17,22,25H,1,3-4,12,15,18H2. The maximum atomic E-state index is 13.1. The molecule has 4 rings (SSSR count). The molecule has 0 N–H and O–H groups in total. The highest BCUT2D eigenvalue weighted by Gasteiger charge is 2.30. The summed E-state index contributed by atoms with van der Waals surface area (Å²) in [7, 11) is 0. The lowest BCUT2D eigenvalue weighted by molar-refractivity contribution is -0.161. The summed E-state index contributed by atoms with van der Waals surface area (Å²) >= 11 is 0. The second-order valence-electron chi connectivity index (χ2n) is 7.94. The summed E-state index contributed by atoms with van der Waals surface area (Å²) in [6.45, 7) is 0.509. The normalized spacial score (nSPS) is 18.4. The van der Waals surface area contributed by atoms with E-state index in [1.807, 2.05) is 12.1 Å². The van der Waals surface area contributed by atoms with Crippen LogP contribution in [0.5, 0.6) is 5.75 Å². The summed E-state index contributed by atoms with van der Waals surface area (Å²) in [5.74, 6) is 0.290. The van der Waals surface area contributed by atoms with Crippen molar-refractivity contribution in [2.45, 2.75) is 44.8 Å². The van der Waals surface area contributed by atoms with Crippen LogP contribution in [-0.4, -0.2) is 11.0 Å². The Kier molecular flexibility index (Phi) is 6.92. The van der Waals surface area contributed by atoms with Gasteiger partial charge in [-0.2, -0.15) is 0 Å². The third kappa shape index (κ3) is 5.91. The molecule has 0 bridgehead atoms. The molecule has 1 aliphatic heterocycles. The van der Waals surface area contributed by atoms with Gasteiger partial charge < -0.3 is 9.47 Å². The van der Waals surface area contributed by atoms with E-state index in [1.165, 1.54) is 17.7 Å². The van der Waals surface area contributed by atoms with Gasteiger partial charge in [0, 0.05) is 6.20 Å². The number of nitrogens with zero attached hydrogens (tertiary/aromatic N) is 1. The average molecular weight is 419 g/mol. The fraction of sp³-hybridized carbons (Fsp3) is 0.308. The summed E-state index contributed by atoms with van der Waals surface area (Å²) in [4.78, 5) is 16.4. The molecule has 1 aliphatic rings. The molecular formula is C26H26FNO3. The van der Waals surface area contributed by atoms with E-state index in [-0.39, 0.29) is 23.8 Å². The fourth-order valence-electron chi connectivity index (χ4n) is 3.89. The van der Waals surface area contributed by atoms with Gasteiger partial charge >= 0.3 is 5.97 Å². The van der Waals surface area contributed by atoms with Gasteiger partial charge in [-0.25, -0.2) is 4.39 Å². The number of rotatable bonds is 8. The zero-order chi connectivity index (χ0) is 21.5. The number of aryl methyl sites for hydroxylation is 1. The van der Waals surface area contributed by atoms with Gasteiger partial charge in [-0.3, -0.25) is 9.78 Å². The van der Waals surface area contributed by atoms with Crippen LogP contribution in [0.15, 0.2) is 73.1 Å². The van der Waals surface area contributed by atoms with Crippen molar-refractivity contribution in [3.05, 3.63) is 95.6 Å². The van der Waals surface area contributed by atoms with Gasteiger partial charge in [-0.15, -0.1) is 0 Å². The molecule has 4 nitrogen and oxygen atoms in total. The number of halogens is 1. The maximum absolute atomic E-state index is 13.1. The molecule has 2 heterocycles. The Bertz CT molecular complexity index is 974. The molecule has 0 spiro atoms. The Morgan fingerprint density at radius 3 is 2.48 bits per heavy atom. The third-order valence-corrected chi connectivity index (χ3v) is 5.69. The van der Waals surface area contributed by atoms with Crippen molar-refractivity contribution in [3.63, 3.8) is 0 Å². The Hall–Kier alpha value is -3.21. The van der Waals surface area contributed by atoms with Gasteiger partial charge in [0.2, 0.25) is 0 Å². The van der Waals surface area contributed by atoms with Crippen LogP contribution in [0.2, 0.25) is 0 Å². The van der Waals surface area contributed by atoms with Crippen LogP contribution in [0.3, 0.4) is 0 Å². The molecular weight excluding hydrogens is 393 g/mol. The first-order valence-electron chi connectivity index (χ1n) is 10.7. The fourth-order valence-corrected chi connectivity index (χ4v) is 3.89. The summed E-state index contributed by atoms with van der Waals surface area (Å²) in [5.41, 5.74) is 3.22. The topological polar surface area (TPSA) is 48.4 Å². The number of esters is 1. The molecule has 0 saturated carbocycles. The van der Waals surface area contributed by atoms with Crippen LogP contribution in [0, 0.1) is 11.7 Å². The molecule has 3 aromatic rings. The van der Waals surface area contributed by atoms with Gasteiger partial charge in [0.1, 0.15) is 24.3 Å². The van der Waals surface area contributed by atoms with Crippen LogP contribution >= 0.6 is 0 Å². The van der Waals surface area contributed by atoms with E-state index in [0.717, 1.165) is 49.0 Å². The first kappa shape index (κ1) is 21.0. The first-order valence-corrected chi connectivity index (χ1v) is 10.7. The van der Waals surface area contributed by atoms with E-state index in [9.17, 15) is 9.18 Å². The predicted molar refractivity (Wildman–Crippen MR) is 116 cm³/mol. The second kappa shape index (κ2) is 10.2. The molecule has 0 aliphatic carbocycles. The monoisotopic (exact) mass is 419 g/mol. The molecule has 31 heavy (non-hydrogen) atoms. The quantitative estimate of drug-likeness (QED) is 0.432. The molecule has 2 atom stereocenters. The van der Waals surface area contributed by atoms with Gasteiger partial charge in [-0.05, 0) is 73.1 Å². The van der Waals surface area contributed by atoms with Gasteiger partial charge in [0.25, 0.3) is 0 Å². The maximum Gasteiger partial charge on any atom is 0.309 e. The summed E-state index contributed by atoms with van der Waals surface area (Å²) in [6, 6.07) is 18.3. The Labute approximate surface area is 182 Å². The van der Waals surface area contributed by atoms with Crippen molar-refractivity contribution in [2.75, 3.05) is 0 Å². The van der Waals surface area contributed by atoms with Crippen LogP contribution in [0.4, 0.5) is 4.39 Å². The number of benzene rings is 2. The minimum atomic E-state index is -0.280. The number of hydrogen-bond acceptors (Lipinski definition) is 4. The van der Waals surface area contributed by atoms with Crippen molar-refractivity contribution in [3.8, 4) is 5.75 Å². The minimum Gasteiger partial charge on any atom is -0.487 e. The van der Waals surface area contributed by atoms with Gasteiger partial charge in [-0.1, -0.05) is 36.4 Å². The van der Waals surface area contributed by atoms with Crippen LogP contribution in [0.25, 0.3) is 0 Å². The number of carbonyl (C=O) groups excluding carboxylic acids is 1. The second-order valence-corrected chi connectivity index (χ2v) is 7.94. The molecule has 0 radical (unpaired) electrons. The number of hydrogen-bond donors (Lipinski definition) is 0. The molecule has 1 aromatic heterocycles. The van der Waals surface area contributed by atoms with Crippen molar-refractivity contribution in [1.82, 2.24) is 4.98 Å².